The van der Waals surface area contributed by atoms with Crippen molar-refractivity contribution in [2.45, 2.75) is 52.7 Å². The Kier molecular flexibility index (Phi) is 5.83. The molecule has 0 bridgehead atoms. The topological polar surface area (TPSA) is 35.2 Å². The molecule has 0 saturated heterocycles. The number of benzene rings is 1. The quantitative estimate of drug-likeness (QED) is 0.830. The summed E-state index contributed by atoms with van der Waals surface area (Å²) in [5.74, 6) is 1.09. The first kappa shape index (κ1) is 15.2. The van der Waals surface area contributed by atoms with Crippen molar-refractivity contribution < 1.29 is 4.74 Å². The Bertz CT molecular complexity index is 343. The van der Waals surface area contributed by atoms with Crippen molar-refractivity contribution in [2.24, 2.45) is 11.7 Å². The average Bonchev–Trinajstić information content (AvgIpc) is 2.35. The van der Waals surface area contributed by atoms with Gasteiger partial charge in [0.15, 0.2) is 0 Å². The molecule has 0 amide bonds. The molecule has 2 atom stereocenters. The second kappa shape index (κ2) is 6.91. The molecule has 0 spiro atoms. The van der Waals surface area contributed by atoms with Crippen LogP contribution in [-0.4, -0.2) is 12.7 Å². The van der Waals surface area contributed by atoms with Gasteiger partial charge in [0.05, 0.1) is 18.8 Å². The summed E-state index contributed by atoms with van der Waals surface area (Å²) in [6, 6.07) is 8.51. The Morgan fingerprint density at radius 3 is 1.89 bits per heavy atom. The second-order valence-electron chi connectivity index (χ2n) is 5.71. The molecule has 1 rings (SSSR count). The van der Waals surface area contributed by atoms with Gasteiger partial charge in [-0.25, -0.2) is 0 Å². The minimum absolute atomic E-state index is 0.0348. The van der Waals surface area contributed by atoms with Gasteiger partial charge in [-0.05, 0) is 29.9 Å². The van der Waals surface area contributed by atoms with Gasteiger partial charge in [-0.15, -0.1) is 0 Å². The summed E-state index contributed by atoms with van der Waals surface area (Å²) in [7, 11) is 0. The largest absolute Gasteiger partial charge is 0.376 e. The molecule has 2 N–H and O–H groups in total. The molecule has 0 aliphatic rings. The third kappa shape index (κ3) is 4.43. The maximum absolute atomic E-state index is 6.14. The highest BCUT2D eigenvalue weighted by Crippen LogP contribution is 2.18. The maximum Gasteiger partial charge on any atom is 0.0663 e. The Morgan fingerprint density at radius 1 is 0.944 bits per heavy atom. The van der Waals surface area contributed by atoms with Crippen molar-refractivity contribution in [3.8, 4) is 0 Å². The van der Waals surface area contributed by atoms with Crippen molar-refractivity contribution in [1.29, 1.82) is 0 Å². The molecule has 1 aromatic carbocycles. The predicted octanol–water partition coefficient (Wildman–Crippen LogP) is 3.87. The van der Waals surface area contributed by atoms with E-state index in [1.54, 1.807) is 0 Å². The zero-order valence-corrected chi connectivity index (χ0v) is 12.3. The highest BCUT2D eigenvalue weighted by molar-refractivity contribution is 5.26. The van der Waals surface area contributed by atoms with E-state index in [4.69, 9.17) is 10.5 Å². The summed E-state index contributed by atoms with van der Waals surface area (Å²) in [5.41, 5.74) is 8.64. The molecular weight excluding hydrogens is 222 g/mol. The lowest BCUT2D eigenvalue weighted by molar-refractivity contribution is 0.0272. The molecule has 18 heavy (non-hydrogen) atoms. The molecule has 0 aliphatic carbocycles. The van der Waals surface area contributed by atoms with Crippen molar-refractivity contribution in [3.05, 3.63) is 35.4 Å². The second-order valence-corrected chi connectivity index (χ2v) is 5.71. The summed E-state index contributed by atoms with van der Waals surface area (Å²) in [4.78, 5) is 0. The van der Waals surface area contributed by atoms with Gasteiger partial charge in [0.25, 0.3) is 0 Å². The maximum atomic E-state index is 6.14. The van der Waals surface area contributed by atoms with Gasteiger partial charge in [-0.1, -0.05) is 52.0 Å². The van der Waals surface area contributed by atoms with E-state index in [1.165, 1.54) is 5.56 Å². The lowest BCUT2D eigenvalue weighted by atomic mass is 9.99. The molecule has 0 saturated carbocycles. The fraction of sp³-hybridized carbons (Fsp3) is 0.625. The van der Waals surface area contributed by atoms with Crippen molar-refractivity contribution in [3.63, 3.8) is 0 Å². The van der Waals surface area contributed by atoms with Crippen molar-refractivity contribution in [1.82, 2.24) is 0 Å². The molecule has 2 heteroatoms. The fourth-order valence-corrected chi connectivity index (χ4v) is 1.67. The molecule has 2 nitrogen and oxygen atoms in total. The normalized spacial score (nSPS) is 15.1. The smallest absolute Gasteiger partial charge is 0.0663 e. The third-order valence-corrected chi connectivity index (χ3v) is 3.51. The number of rotatable bonds is 6. The molecule has 0 aromatic heterocycles. The summed E-state index contributed by atoms with van der Waals surface area (Å²) in [6.45, 7) is 11.4. The summed E-state index contributed by atoms with van der Waals surface area (Å²) < 4.78 is 5.77. The van der Waals surface area contributed by atoms with E-state index in [-0.39, 0.29) is 12.1 Å². The summed E-state index contributed by atoms with van der Waals surface area (Å²) in [6.07, 6.45) is 0.256. The van der Waals surface area contributed by atoms with E-state index in [0.29, 0.717) is 18.4 Å². The van der Waals surface area contributed by atoms with Crippen molar-refractivity contribution >= 4 is 0 Å². The van der Waals surface area contributed by atoms with Crippen molar-refractivity contribution in [2.75, 3.05) is 6.61 Å². The van der Waals surface area contributed by atoms with Gasteiger partial charge in [0, 0.05) is 0 Å². The molecule has 1 aromatic rings. The van der Waals surface area contributed by atoms with Gasteiger partial charge in [-0.2, -0.15) is 0 Å². The Morgan fingerprint density at radius 2 is 1.44 bits per heavy atom. The Hall–Kier alpha value is -0.860. The van der Waals surface area contributed by atoms with E-state index in [2.05, 4.69) is 58.9 Å². The number of ether oxygens (including phenoxy) is 1. The molecular formula is C16H27NO. The van der Waals surface area contributed by atoms with Crippen LogP contribution < -0.4 is 5.73 Å². The zero-order chi connectivity index (χ0) is 13.7. The van der Waals surface area contributed by atoms with E-state index >= 15 is 0 Å². The van der Waals surface area contributed by atoms with Crippen LogP contribution >= 0.6 is 0 Å². The summed E-state index contributed by atoms with van der Waals surface area (Å²) in [5, 5.41) is 0. The van der Waals surface area contributed by atoms with Crippen LogP contribution in [0.2, 0.25) is 0 Å². The molecule has 0 heterocycles. The van der Waals surface area contributed by atoms with Gasteiger partial charge < -0.3 is 10.5 Å². The van der Waals surface area contributed by atoms with Gasteiger partial charge in [0.2, 0.25) is 0 Å². The van der Waals surface area contributed by atoms with Crippen LogP contribution in [0.15, 0.2) is 24.3 Å². The monoisotopic (exact) mass is 249 g/mol. The molecule has 0 radical (unpaired) electrons. The molecule has 0 fully saturated rings. The van der Waals surface area contributed by atoms with Crippen LogP contribution in [0.5, 0.6) is 0 Å². The number of hydrogen-bond donors (Lipinski definition) is 1. The average molecular weight is 249 g/mol. The number of hydrogen-bond acceptors (Lipinski definition) is 2. The minimum atomic E-state index is -0.0348. The zero-order valence-electron chi connectivity index (χ0n) is 12.3. The lowest BCUT2D eigenvalue weighted by Crippen LogP contribution is -2.23. The van der Waals surface area contributed by atoms with Crippen LogP contribution in [0.3, 0.4) is 0 Å². The Labute approximate surface area is 112 Å². The Balaban J connectivity index is 2.54. The van der Waals surface area contributed by atoms with Crippen LogP contribution in [0, 0.1) is 5.92 Å². The highest BCUT2D eigenvalue weighted by Gasteiger charge is 2.11. The third-order valence-electron chi connectivity index (χ3n) is 3.51. The first-order valence-corrected chi connectivity index (χ1v) is 6.88. The fourth-order valence-electron chi connectivity index (χ4n) is 1.67. The van der Waals surface area contributed by atoms with Crippen LogP contribution in [0.25, 0.3) is 0 Å². The summed E-state index contributed by atoms with van der Waals surface area (Å²) >= 11 is 0. The van der Waals surface area contributed by atoms with Gasteiger partial charge in [-0.3, -0.25) is 0 Å². The SMILES string of the molecule is CC(C)c1ccc(C(N)COC(C)C(C)C)cc1. The molecule has 0 aliphatic heterocycles. The first-order valence-electron chi connectivity index (χ1n) is 6.88. The number of nitrogens with two attached hydrogens (primary N) is 1. The predicted molar refractivity (Wildman–Crippen MR) is 77.7 cm³/mol. The van der Waals surface area contributed by atoms with Crippen LogP contribution in [0.1, 0.15) is 57.7 Å². The lowest BCUT2D eigenvalue weighted by Gasteiger charge is -2.20. The molecule has 102 valence electrons. The van der Waals surface area contributed by atoms with Crippen LogP contribution in [0.4, 0.5) is 0 Å². The van der Waals surface area contributed by atoms with E-state index in [1.807, 2.05) is 0 Å². The molecule has 2 unspecified atom stereocenters. The highest BCUT2D eigenvalue weighted by atomic mass is 16.5. The van der Waals surface area contributed by atoms with E-state index < -0.39 is 0 Å². The van der Waals surface area contributed by atoms with E-state index in [0.717, 1.165) is 5.56 Å². The first-order chi connectivity index (χ1) is 8.41. The van der Waals surface area contributed by atoms with E-state index in [9.17, 15) is 0 Å². The van der Waals surface area contributed by atoms with Gasteiger partial charge in [0.1, 0.15) is 0 Å². The van der Waals surface area contributed by atoms with Crippen LogP contribution in [-0.2, 0) is 4.74 Å². The minimum Gasteiger partial charge on any atom is -0.376 e. The standard InChI is InChI=1S/C16H27NO/c1-11(2)13(5)18-10-16(17)15-8-6-14(7-9-15)12(3)4/h6-9,11-13,16H,10,17H2,1-5H3. The van der Waals surface area contributed by atoms with Gasteiger partial charge >= 0.3 is 0 Å².